The van der Waals surface area contributed by atoms with E-state index in [1.54, 1.807) is 16.7 Å². The number of halogens is 2. The van der Waals surface area contributed by atoms with Crippen molar-refractivity contribution in [2.45, 2.75) is 32.4 Å². The van der Waals surface area contributed by atoms with Crippen molar-refractivity contribution in [1.29, 1.82) is 0 Å². The smallest absolute Gasteiger partial charge is 0.341 e. The van der Waals surface area contributed by atoms with Gasteiger partial charge in [0.05, 0.1) is 22.4 Å². The molecule has 2 aliphatic heterocycles. The molecule has 0 amide bonds. The molecule has 0 unspecified atom stereocenters. The molecule has 12 nitrogen and oxygen atoms in total. The monoisotopic (exact) mass is 702 g/mol. The first-order chi connectivity index (χ1) is 24.5. The third-order valence-corrected chi connectivity index (χ3v) is 10.3. The molecule has 2 aromatic heterocycles. The topological polar surface area (TPSA) is 132 Å². The van der Waals surface area contributed by atoms with Crippen molar-refractivity contribution in [3.8, 4) is 0 Å². The molecule has 0 bridgehead atoms. The van der Waals surface area contributed by atoms with Crippen LogP contribution < -0.4 is 20.7 Å². The lowest BCUT2D eigenvalue weighted by atomic mass is 10.1. The van der Waals surface area contributed by atoms with E-state index in [-0.39, 0.29) is 27.9 Å². The maximum atomic E-state index is 15.4. The second-order valence-corrected chi connectivity index (χ2v) is 13.5. The summed E-state index contributed by atoms with van der Waals surface area (Å²) in [6.07, 6.45) is 8.75. The maximum Gasteiger partial charge on any atom is 0.341 e. The van der Waals surface area contributed by atoms with Gasteiger partial charge in [-0.3, -0.25) is 19.4 Å². The van der Waals surface area contributed by atoms with Crippen LogP contribution in [0, 0.1) is 11.6 Å². The number of benzene rings is 2. The van der Waals surface area contributed by atoms with Crippen LogP contribution in [0.3, 0.4) is 0 Å². The summed E-state index contributed by atoms with van der Waals surface area (Å²) in [5, 5.41) is 19.1. The summed E-state index contributed by atoms with van der Waals surface area (Å²) in [7, 11) is 0. The summed E-state index contributed by atoms with van der Waals surface area (Å²) >= 11 is 0. The lowest BCUT2D eigenvalue weighted by Crippen LogP contribution is -2.47. The van der Waals surface area contributed by atoms with Crippen molar-refractivity contribution < 1.29 is 28.6 Å². The fraction of sp³-hybridized carbons (Fsp3) is 0.405. The van der Waals surface area contributed by atoms with Crippen molar-refractivity contribution in [2.24, 2.45) is 0 Å². The van der Waals surface area contributed by atoms with E-state index >= 15 is 8.78 Å². The second-order valence-electron chi connectivity index (χ2n) is 13.5. The summed E-state index contributed by atoms with van der Waals surface area (Å²) in [5.74, 6) is -3.72. The molecule has 7 rings (SSSR count). The molecular formula is C37H40F2N6O6. The van der Waals surface area contributed by atoms with Gasteiger partial charge in [-0.25, -0.2) is 18.4 Å². The number of anilines is 2. The molecule has 0 radical (unpaired) electrons. The van der Waals surface area contributed by atoms with E-state index in [1.165, 1.54) is 18.5 Å². The highest BCUT2D eigenvalue weighted by atomic mass is 19.1. The number of pyridine rings is 2. The van der Waals surface area contributed by atoms with Crippen LogP contribution >= 0.6 is 0 Å². The number of nitrogens with zero attached hydrogens (tertiary/aromatic N) is 6. The van der Waals surface area contributed by atoms with Crippen LogP contribution in [0.15, 0.2) is 58.4 Å². The number of carboxylic acids is 2. The Hall–Kier alpha value is -5.08. The molecule has 51 heavy (non-hydrogen) atoms. The third-order valence-electron chi connectivity index (χ3n) is 10.3. The van der Waals surface area contributed by atoms with Gasteiger partial charge >= 0.3 is 11.9 Å². The summed E-state index contributed by atoms with van der Waals surface area (Å²) < 4.78 is 34.1. The zero-order valence-corrected chi connectivity index (χ0v) is 28.4. The van der Waals surface area contributed by atoms with Crippen LogP contribution in [-0.2, 0) is 6.54 Å². The van der Waals surface area contributed by atoms with E-state index in [0.717, 1.165) is 58.2 Å². The average Bonchev–Trinajstić information content (AvgIpc) is 3.97. The van der Waals surface area contributed by atoms with Crippen LogP contribution in [0.2, 0.25) is 0 Å². The Kier molecular flexibility index (Phi) is 9.38. The van der Waals surface area contributed by atoms with Crippen molar-refractivity contribution in [3.05, 3.63) is 92.0 Å². The lowest BCUT2D eigenvalue weighted by molar-refractivity contribution is 0.0684. The Morgan fingerprint density at radius 2 is 1.16 bits per heavy atom. The van der Waals surface area contributed by atoms with Crippen molar-refractivity contribution >= 4 is 45.1 Å². The number of hydrogen-bond donors (Lipinski definition) is 2. The molecule has 14 heteroatoms. The maximum absolute atomic E-state index is 15.4. The molecule has 0 spiro atoms. The minimum atomic E-state index is -1.33. The Morgan fingerprint density at radius 3 is 1.61 bits per heavy atom. The van der Waals surface area contributed by atoms with Gasteiger partial charge in [0.25, 0.3) is 0 Å². The van der Waals surface area contributed by atoms with Crippen LogP contribution in [0.1, 0.15) is 46.5 Å². The van der Waals surface area contributed by atoms with E-state index in [4.69, 9.17) is 0 Å². The summed E-state index contributed by atoms with van der Waals surface area (Å²) in [4.78, 5) is 57.2. The van der Waals surface area contributed by atoms with Crippen molar-refractivity contribution in [2.75, 3.05) is 75.2 Å². The van der Waals surface area contributed by atoms with Gasteiger partial charge in [0, 0.05) is 101 Å². The standard InChI is InChI=1S/C37H40F2N6O6/c1-2-42-21-26(36(48)49)34(46)24-17-28(38)32(19-30(24)42)43-13-9-40(10-14-43)7-3-4-8-41-11-15-44(16-12-41)33-20-31-25(18-29(33)39)35(47)27(37(50)51)22-45(31)23-5-6-23/h3-4,17-23H,2,5-16H2,1H3,(H,48,49)(H,50,51)/b4-3+. The quantitative estimate of drug-likeness (QED) is 0.235. The highest BCUT2D eigenvalue weighted by molar-refractivity contribution is 5.94. The first-order valence-corrected chi connectivity index (χ1v) is 17.3. The molecule has 2 N–H and O–H groups in total. The van der Waals surface area contributed by atoms with Gasteiger partial charge in [0.15, 0.2) is 0 Å². The number of carboxylic acid groups (broad SMARTS) is 2. The first kappa shape index (κ1) is 34.4. The van der Waals surface area contributed by atoms with Gasteiger partial charge in [-0.1, -0.05) is 12.2 Å². The number of aryl methyl sites for hydroxylation is 1. The molecule has 3 fully saturated rings. The Bertz CT molecular complexity index is 2180. The molecule has 2 aromatic carbocycles. The number of carbonyl (C=O) groups is 2. The minimum Gasteiger partial charge on any atom is -0.477 e. The molecule has 0 atom stereocenters. The highest BCUT2D eigenvalue weighted by Crippen LogP contribution is 2.38. The van der Waals surface area contributed by atoms with Crippen LogP contribution in [0.5, 0.6) is 0 Å². The summed E-state index contributed by atoms with van der Waals surface area (Å²) in [6.45, 7) is 9.11. The lowest BCUT2D eigenvalue weighted by Gasteiger charge is -2.36. The van der Waals surface area contributed by atoms with E-state index < -0.39 is 34.4 Å². The molecule has 2 saturated heterocycles. The molecule has 1 aliphatic carbocycles. The molecular weight excluding hydrogens is 662 g/mol. The molecule has 3 aliphatic rings. The normalized spacial score (nSPS) is 17.6. The van der Waals surface area contributed by atoms with Gasteiger partial charge in [0.2, 0.25) is 10.9 Å². The Morgan fingerprint density at radius 1 is 0.706 bits per heavy atom. The third kappa shape index (κ3) is 6.73. The number of rotatable bonds is 10. The van der Waals surface area contributed by atoms with Crippen LogP contribution in [0.25, 0.3) is 21.8 Å². The van der Waals surface area contributed by atoms with E-state index in [1.807, 2.05) is 21.3 Å². The van der Waals surface area contributed by atoms with Gasteiger partial charge in [0.1, 0.15) is 22.8 Å². The number of hydrogen-bond acceptors (Lipinski definition) is 8. The molecule has 268 valence electrons. The van der Waals surface area contributed by atoms with Crippen LogP contribution in [0.4, 0.5) is 20.2 Å². The van der Waals surface area contributed by atoms with Crippen molar-refractivity contribution in [1.82, 2.24) is 18.9 Å². The highest BCUT2D eigenvalue weighted by Gasteiger charge is 2.29. The average molecular weight is 703 g/mol. The summed E-state index contributed by atoms with van der Waals surface area (Å²) in [6, 6.07) is 5.80. The molecule has 4 aromatic rings. The van der Waals surface area contributed by atoms with Gasteiger partial charge in [-0.05, 0) is 44.0 Å². The van der Waals surface area contributed by atoms with Crippen molar-refractivity contribution in [3.63, 3.8) is 0 Å². The van der Waals surface area contributed by atoms with E-state index in [2.05, 4.69) is 22.0 Å². The van der Waals surface area contributed by atoms with Crippen LogP contribution in [-0.4, -0.2) is 107 Å². The number of fused-ring (bicyclic) bond motifs is 2. The predicted octanol–water partition coefficient (Wildman–Crippen LogP) is 3.85. The first-order valence-electron chi connectivity index (χ1n) is 17.3. The van der Waals surface area contributed by atoms with E-state index in [0.29, 0.717) is 55.1 Å². The molecule has 4 heterocycles. The minimum absolute atomic E-state index is 0.0575. The molecule has 1 saturated carbocycles. The zero-order valence-electron chi connectivity index (χ0n) is 28.4. The fourth-order valence-electron chi connectivity index (χ4n) is 7.25. The van der Waals surface area contributed by atoms with E-state index in [9.17, 15) is 29.4 Å². The number of piperazine rings is 2. The van der Waals surface area contributed by atoms with Gasteiger partial charge in [-0.2, -0.15) is 0 Å². The second kappa shape index (κ2) is 13.9. The SMILES string of the molecule is CCn1cc(C(=O)O)c(=O)c2cc(F)c(N3CCN(C/C=C/CN4CCN(c5cc6c(cc5F)c(=O)c(C(=O)O)cn6C5CC5)CC4)CC3)cc21. The largest absolute Gasteiger partial charge is 0.477 e. The number of aromatic carboxylic acids is 2. The zero-order chi connectivity index (χ0) is 36.0. The summed E-state index contributed by atoms with van der Waals surface area (Å²) in [5.41, 5.74) is -0.180. The Balaban J connectivity index is 0.927. The Labute approximate surface area is 292 Å². The predicted molar refractivity (Wildman–Crippen MR) is 191 cm³/mol. The fourth-order valence-corrected chi connectivity index (χ4v) is 7.25. The number of aromatic nitrogens is 2. The van der Waals surface area contributed by atoms with Gasteiger partial charge in [-0.15, -0.1) is 0 Å². The van der Waals surface area contributed by atoms with Gasteiger partial charge < -0.3 is 29.1 Å².